The van der Waals surface area contributed by atoms with Gasteiger partial charge in [0.2, 0.25) is 0 Å². The number of hydrogen-bond donors (Lipinski definition) is 1. The van der Waals surface area contributed by atoms with Crippen molar-refractivity contribution in [3.63, 3.8) is 0 Å². The van der Waals surface area contributed by atoms with Crippen LogP contribution >= 0.6 is 11.3 Å². The lowest BCUT2D eigenvalue weighted by molar-refractivity contribution is -0.0923. The number of thiazole rings is 1. The molecule has 0 radical (unpaired) electrons. The summed E-state index contributed by atoms with van der Waals surface area (Å²) in [5.41, 5.74) is 7.57. The number of Topliss-reactive ketones (excluding diaryl/α,β-unsaturated/α-hetero) is 1. The van der Waals surface area contributed by atoms with Gasteiger partial charge in [-0.3, -0.25) is 4.79 Å². The number of ketones is 1. The zero-order valence-electron chi connectivity index (χ0n) is 14.8. The number of pyridine rings is 1. The molecule has 0 bridgehead atoms. The van der Waals surface area contributed by atoms with Gasteiger partial charge in [-0.25, -0.2) is 18.3 Å². The maximum Gasteiger partial charge on any atom is 0.252 e. The van der Waals surface area contributed by atoms with Gasteiger partial charge in [0.1, 0.15) is 16.6 Å². The van der Waals surface area contributed by atoms with Crippen molar-refractivity contribution in [2.75, 3.05) is 0 Å². The third-order valence-corrected chi connectivity index (χ3v) is 6.16. The van der Waals surface area contributed by atoms with Gasteiger partial charge in [0, 0.05) is 36.6 Å². The second kappa shape index (κ2) is 7.04. The molecule has 3 aromatic rings. The average molecular weight is 401 g/mol. The Hall–Kier alpha value is -2.70. The topological polar surface area (TPSA) is 97.1 Å². The van der Waals surface area contributed by atoms with E-state index in [1.54, 1.807) is 16.9 Å². The summed E-state index contributed by atoms with van der Waals surface area (Å²) >= 11 is 0.920. The monoisotopic (exact) mass is 401 g/mol. The van der Waals surface area contributed by atoms with Crippen LogP contribution in [0.15, 0.2) is 30.6 Å². The minimum absolute atomic E-state index is 0.0513. The second-order valence-corrected chi connectivity index (χ2v) is 7.95. The number of aromatic nitrogens is 3. The molecule has 6 nitrogen and oxygen atoms in total. The van der Waals surface area contributed by atoms with Crippen LogP contribution in [0.1, 0.15) is 40.4 Å². The maximum absolute atomic E-state index is 14.2. The molecule has 9 heteroatoms. The Balaban J connectivity index is 1.66. The van der Waals surface area contributed by atoms with Crippen molar-refractivity contribution in [3.8, 4) is 17.3 Å². The first-order valence-electron chi connectivity index (χ1n) is 8.91. The summed E-state index contributed by atoms with van der Waals surface area (Å²) in [5.74, 6) is -4.68. The number of hydrogen-bond acceptors (Lipinski definition) is 6. The summed E-state index contributed by atoms with van der Waals surface area (Å²) in [7, 11) is 0. The molecule has 0 saturated heterocycles. The number of fused-ring (bicyclic) bond motifs is 1. The minimum atomic E-state index is -2.96. The molecule has 2 atom stereocenters. The van der Waals surface area contributed by atoms with Crippen LogP contribution in [-0.4, -0.2) is 32.3 Å². The van der Waals surface area contributed by atoms with Crippen LogP contribution in [0, 0.1) is 17.2 Å². The molecule has 144 valence electrons. The van der Waals surface area contributed by atoms with Gasteiger partial charge >= 0.3 is 0 Å². The van der Waals surface area contributed by atoms with Gasteiger partial charge < -0.3 is 5.73 Å². The van der Waals surface area contributed by atoms with Crippen LogP contribution in [0.5, 0.6) is 0 Å². The van der Waals surface area contributed by atoms with Crippen LogP contribution in [-0.2, 0) is 0 Å². The Morgan fingerprint density at radius 2 is 2.29 bits per heavy atom. The fourth-order valence-electron chi connectivity index (χ4n) is 3.68. The summed E-state index contributed by atoms with van der Waals surface area (Å²) in [6.07, 6.45) is 3.53. The molecule has 0 aromatic carbocycles. The molecule has 1 fully saturated rings. The average Bonchev–Trinajstić information content (AvgIpc) is 3.28. The van der Waals surface area contributed by atoms with E-state index in [0.29, 0.717) is 24.1 Å². The van der Waals surface area contributed by atoms with E-state index in [-0.39, 0.29) is 22.7 Å². The lowest BCUT2D eigenvalue weighted by atomic mass is 9.79. The highest BCUT2D eigenvalue weighted by atomic mass is 32.1. The van der Waals surface area contributed by atoms with Crippen molar-refractivity contribution in [1.82, 2.24) is 14.6 Å². The first kappa shape index (κ1) is 18.7. The molecular formula is C19H17F2N5OS. The number of carbonyl (C=O) groups excluding carboxylic acids is 1. The van der Waals surface area contributed by atoms with Gasteiger partial charge in [-0.2, -0.15) is 10.4 Å². The molecule has 1 saturated carbocycles. The van der Waals surface area contributed by atoms with Crippen molar-refractivity contribution in [2.24, 2.45) is 11.7 Å². The Bertz CT molecular complexity index is 1080. The van der Waals surface area contributed by atoms with E-state index in [2.05, 4.69) is 10.1 Å². The number of rotatable bonds is 4. The van der Waals surface area contributed by atoms with E-state index in [1.165, 1.54) is 0 Å². The van der Waals surface area contributed by atoms with Gasteiger partial charge in [0.25, 0.3) is 5.92 Å². The van der Waals surface area contributed by atoms with Gasteiger partial charge in [0.05, 0.1) is 11.7 Å². The first-order valence-corrected chi connectivity index (χ1v) is 9.72. The number of nitriles is 1. The molecule has 3 aromatic heterocycles. The molecule has 4 rings (SSSR count). The molecule has 1 aliphatic rings. The summed E-state index contributed by atoms with van der Waals surface area (Å²) < 4.78 is 30.1. The third-order valence-electron chi connectivity index (χ3n) is 5.16. The van der Waals surface area contributed by atoms with E-state index in [1.807, 2.05) is 24.3 Å². The largest absolute Gasteiger partial charge is 0.327 e. The van der Waals surface area contributed by atoms with Crippen LogP contribution in [0.3, 0.4) is 0 Å². The third kappa shape index (κ3) is 3.19. The fourth-order valence-corrected chi connectivity index (χ4v) is 4.50. The molecule has 28 heavy (non-hydrogen) atoms. The van der Waals surface area contributed by atoms with Crippen molar-refractivity contribution in [3.05, 3.63) is 40.5 Å². The van der Waals surface area contributed by atoms with E-state index < -0.39 is 23.7 Å². The zero-order chi connectivity index (χ0) is 19.9. The molecule has 1 aliphatic carbocycles. The van der Waals surface area contributed by atoms with Crippen molar-refractivity contribution in [1.29, 1.82) is 5.26 Å². The van der Waals surface area contributed by atoms with Crippen LogP contribution in [0.2, 0.25) is 0 Å². The zero-order valence-corrected chi connectivity index (χ0v) is 15.6. The SMILES string of the molecule is N#Cc1sc(C(=O)CC2[C@H](N)CCCC2(F)F)nc1-c1cnn2ccccc12. The lowest BCUT2D eigenvalue weighted by Crippen LogP contribution is -2.46. The predicted octanol–water partition coefficient (Wildman–Crippen LogP) is 3.66. The summed E-state index contributed by atoms with van der Waals surface area (Å²) in [4.78, 5) is 17.3. The molecule has 1 unspecified atom stereocenters. The van der Waals surface area contributed by atoms with Crippen LogP contribution in [0.25, 0.3) is 16.8 Å². The summed E-state index contributed by atoms with van der Waals surface area (Å²) in [6.45, 7) is 0. The predicted molar refractivity (Wildman–Crippen MR) is 100 cm³/mol. The first-order chi connectivity index (χ1) is 13.4. The summed E-state index contributed by atoms with van der Waals surface area (Å²) in [5, 5.41) is 13.7. The minimum Gasteiger partial charge on any atom is -0.327 e. The van der Waals surface area contributed by atoms with Gasteiger partial charge in [0.15, 0.2) is 10.8 Å². The molecule has 0 amide bonds. The smallest absolute Gasteiger partial charge is 0.252 e. The van der Waals surface area contributed by atoms with Crippen molar-refractivity contribution < 1.29 is 13.6 Å². The maximum atomic E-state index is 14.2. The molecule has 0 aliphatic heterocycles. The van der Waals surface area contributed by atoms with Crippen molar-refractivity contribution in [2.45, 2.75) is 37.6 Å². The van der Waals surface area contributed by atoms with Gasteiger partial charge in [-0.15, -0.1) is 0 Å². The van der Waals surface area contributed by atoms with Crippen molar-refractivity contribution >= 4 is 22.6 Å². The van der Waals surface area contributed by atoms with Crippen LogP contribution in [0.4, 0.5) is 8.78 Å². The second-order valence-electron chi connectivity index (χ2n) is 6.95. The Kier molecular flexibility index (Phi) is 4.69. The highest BCUT2D eigenvalue weighted by Gasteiger charge is 2.46. The van der Waals surface area contributed by atoms with E-state index in [0.717, 1.165) is 16.9 Å². The molecule has 2 N–H and O–H groups in total. The number of nitrogens with zero attached hydrogens (tertiary/aromatic N) is 4. The molecular weight excluding hydrogens is 384 g/mol. The number of carbonyl (C=O) groups is 1. The fraction of sp³-hybridized carbons (Fsp3) is 0.368. The number of nitrogens with two attached hydrogens (primary N) is 1. The number of halogens is 2. The highest BCUT2D eigenvalue weighted by molar-refractivity contribution is 7.14. The van der Waals surface area contributed by atoms with E-state index >= 15 is 0 Å². The molecule has 3 heterocycles. The lowest BCUT2D eigenvalue weighted by Gasteiger charge is -2.35. The normalized spacial score (nSPS) is 21.5. The quantitative estimate of drug-likeness (QED) is 0.673. The Morgan fingerprint density at radius 3 is 3.04 bits per heavy atom. The van der Waals surface area contributed by atoms with E-state index in [4.69, 9.17) is 5.73 Å². The Labute approximate surface area is 163 Å². The Morgan fingerprint density at radius 1 is 1.46 bits per heavy atom. The summed E-state index contributed by atoms with van der Waals surface area (Å²) in [6, 6.07) is 6.80. The molecule has 0 spiro atoms. The highest BCUT2D eigenvalue weighted by Crippen LogP contribution is 2.41. The van der Waals surface area contributed by atoms with Gasteiger partial charge in [-0.05, 0) is 25.0 Å². The van der Waals surface area contributed by atoms with E-state index in [9.17, 15) is 18.8 Å². The van der Waals surface area contributed by atoms with Crippen LogP contribution < -0.4 is 5.73 Å². The standard InChI is InChI=1S/C19H17F2N5OS/c20-19(21)6-3-4-13(23)12(19)8-15(27)18-25-17(16(9-22)28-18)11-10-24-26-7-2-1-5-14(11)26/h1-2,5,7,10,12-13H,3-4,6,8,23H2/t12?,13-/m1/s1. The van der Waals surface area contributed by atoms with Gasteiger partial charge in [-0.1, -0.05) is 17.4 Å². The number of alkyl halides is 2.